The molecule has 6 heteroatoms. The Balaban J connectivity index is 2.80. The summed E-state index contributed by atoms with van der Waals surface area (Å²) in [7, 11) is 1.49. The zero-order valence-corrected chi connectivity index (χ0v) is 11.2. The molecule has 0 radical (unpaired) electrons. The average molecular weight is 266 g/mol. The van der Waals surface area contributed by atoms with Crippen LogP contribution in [0.5, 0.6) is 11.5 Å². The van der Waals surface area contributed by atoms with Crippen LogP contribution in [0.4, 0.5) is 0 Å². The lowest BCUT2D eigenvalue weighted by Gasteiger charge is -2.12. The minimum Gasteiger partial charge on any atom is -0.497 e. The second kappa shape index (κ2) is 6.63. The van der Waals surface area contributed by atoms with E-state index in [1.807, 2.05) is 13.8 Å². The fraction of sp³-hybridized carbons (Fsp3) is 0.385. The number of methoxy groups -OCH3 is 1. The number of benzene rings is 1. The lowest BCUT2D eigenvalue weighted by atomic mass is 10.2. The Kier molecular flexibility index (Phi) is 5.17. The summed E-state index contributed by atoms with van der Waals surface area (Å²) in [6.07, 6.45) is 0. The summed E-state index contributed by atoms with van der Waals surface area (Å²) in [4.78, 5) is 22.7. The van der Waals surface area contributed by atoms with Crippen LogP contribution in [-0.4, -0.2) is 31.6 Å². The van der Waals surface area contributed by atoms with Crippen LogP contribution in [0.15, 0.2) is 18.2 Å². The standard InChI is InChI=1S/C13H18N2O4/c1-8(2)15-12(16)7-19-11-6-9(18-3)4-5-10(11)13(14)17/h4-6,8H,7H2,1-3H3,(H2,14,17)(H,15,16). The minimum atomic E-state index is -0.623. The number of carbonyl (C=O) groups is 2. The molecular formula is C13H18N2O4. The molecule has 0 atom stereocenters. The molecule has 0 bridgehead atoms. The lowest BCUT2D eigenvalue weighted by Crippen LogP contribution is -2.34. The van der Waals surface area contributed by atoms with Gasteiger partial charge in [-0.2, -0.15) is 0 Å². The Labute approximate surface area is 111 Å². The molecule has 1 rings (SSSR count). The Morgan fingerprint density at radius 2 is 2.05 bits per heavy atom. The molecule has 0 aromatic heterocycles. The van der Waals surface area contributed by atoms with Gasteiger partial charge < -0.3 is 20.5 Å². The van der Waals surface area contributed by atoms with Crippen molar-refractivity contribution in [3.05, 3.63) is 23.8 Å². The van der Waals surface area contributed by atoms with Crippen LogP contribution >= 0.6 is 0 Å². The predicted molar refractivity (Wildman–Crippen MR) is 70.3 cm³/mol. The fourth-order valence-corrected chi connectivity index (χ4v) is 1.46. The number of ether oxygens (including phenoxy) is 2. The molecule has 0 spiro atoms. The summed E-state index contributed by atoms with van der Waals surface area (Å²) < 4.78 is 10.3. The van der Waals surface area contributed by atoms with Crippen molar-refractivity contribution in [2.24, 2.45) is 5.73 Å². The van der Waals surface area contributed by atoms with Gasteiger partial charge in [0.05, 0.1) is 12.7 Å². The highest BCUT2D eigenvalue weighted by Crippen LogP contribution is 2.24. The molecule has 0 saturated heterocycles. The molecule has 3 N–H and O–H groups in total. The van der Waals surface area contributed by atoms with Crippen molar-refractivity contribution in [3.8, 4) is 11.5 Å². The quantitative estimate of drug-likeness (QED) is 0.793. The molecule has 104 valence electrons. The van der Waals surface area contributed by atoms with Gasteiger partial charge in [0, 0.05) is 12.1 Å². The highest BCUT2D eigenvalue weighted by atomic mass is 16.5. The van der Waals surface area contributed by atoms with E-state index in [-0.39, 0.29) is 29.9 Å². The molecule has 1 aromatic carbocycles. The van der Waals surface area contributed by atoms with Crippen LogP contribution in [0, 0.1) is 0 Å². The minimum absolute atomic E-state index is 0.0250. The number of nitrogens with two attached hydrogens (primary N) is 1. The summed E-state index contributed by atoms with van der Waals surface area (Å²) in [5.41, 5.74) is 5.44. The number of hydrogen-bond donors (Lipinski definition) is 2. The third kappa shape index (κ3) is 4.50. The molecular weight excluding hydrogens is 248 g/mol. The third-order valence-electron chi connectivity index (χ3n) is 2.26. The van der Waals surface area contributed by atoms with Crippen LogP contribution in [-0.2, 0) is 4.79 Å². The van der Waals surface area contributed by atoms with Gasteiger partial charge >= 0.3 is 0 Å². The summed E-state index contributed by atoms with van der Waals surface area (Å²) in [6, 6.07) is 4.64. The maximum absolute atomic E-state index is 11.5. The number of amides is 2. The summed E-state index contributed by atoms with van der Waals surface area (Å²) in [5.74, 6) is -0.148. The van der Waals surface area contributed by atoms with Gasteiger partial charge in [0.25, 0.3) is 11.8 Å². The van der Waals surface area contributed by atoms with Crippen molar-refractivity contribution >= 4 is 11.8 Å². The van der Waals surface area contributed by atoms with Gasteiger partial charge in [-0.05, 0) is 26.0 Å². The monoisotopic (exact) mass is 266 g/mol. The molecule has 0 unspecified atom stereocenters. The number of hydrogen-bond acceptors (Lipinski definition) is 4. The van der Waals surface area contributed by atoms with E-state index in [4.69, 9.17) is 15.2 Å². The van der Waals surface area contributed by atoms with Crippen LogP contribution in [0.2, 0.25) is 0 Å². The van der Waals surface area contributed by atoms with E-state index in [9.17, 15) is 9.59 Å². The molecule has 0 aliphatic heterocycles. The topological polar surface area (TPSA) is 90.7 Å². The first kappa shape index (κ1) is 14.8. The smallest absolute Gasteiger partial charge is 0.258 e. The summed E-state index contributed by atoms with van der Waals surface area (Å²) >= 11 is 0. The van der Waals surface area contributed by atoms with Crippen molar-refractivity contribution in [1.82, 2.24) is 5.32 Å². The Morgan fingerprint density at radius 3 is 2.58 bits per heavy atom. The van der Waals surface area contributed by atoms with Gasteiger partial charge in [0.2, 0.25) is 0 Å². The van der Waals surface area contributed by atoms with Crippen molar-refractivity contribution < 1.29 is 19.1 Å². The number of rotatable bonds is 6. The van der Waals surface area contributed by atoms with Crippen molar-refractivity contribution in [1.29, 1.82) is 0 Å². The van der Waals surface area contributed by atoms with Gasteiger partial charge in [0.1, 0.15) is 11.5 Å². The highest BCUT2D eigenvalue weighted by Gasteiger charge is 2.12. The third-order valence-corrected chi connectivity index (χ3v) is 2.26. The maximum Gasteiger partial charge on any atom is 0.258 e. The largest absolute Gasteiger partial charge is 0.497 e. The highest BCUT2D eigenvalue weighted by molar-refractivity contribution is 5.96. The Bertz CT molecular complexity index is 472. The first-order valence-corrected chi connectivity index (χ1v) is 5.84. The van der Waals surface area contributed by atoms with Gasteiger partial charge in [-0.15, -0.1) is 0 Å². The predicted octanol–water partition coefficient (Wildman–Crippen LogP) is 0.697. The zero-order valence-electron chi connectivity index (χ0n) is 11.2. The molecule has 0 saturated carbocycles. The molecule has 1 aromatic rings. The van der Waals surface area contributed by atoms with E-state index < -0.39 is 5.91 Å². The number of carbonyl (C=O) groups excluding carboxylic acids is 2. The Morgan fingerprint density at radius 1 is 1.37 bits per heavy atom. The first-order valence-electron chi connectivity index (χ1n) is 5.84. The van der Waals surface area contributed by atoms with Crippen molar-refractivity contribution in [2.45, 2.75) is 19.9 Å². The second-order valence-electron chi connectivity index (χ2n) is 4.24. The molecule has 0 heterocycles. The molecule has 0 aliphatic rings. The van der Waals surface area contributed by atoms with E-state index in [2.05, 4.69) is 5.32 Å². The van der Waals surface area contributed by atoms with Crippen molar-refractivity contribution in [2.75, 3.05) is 13.7 Å². The molecule has 2 amide bonds. The van der Waals surface area contributed by atoms with Gasteiger partial charge in [-0.3, -0.25) is 9.59 Å². The molecule has 0 aliphatic carbocycles. The fourth-order valence-electron chi connectivity index (χ4n) is 1.46. The van der Waals surface area contributed by atoms with Gasteiger partial charge in [0.15, 0.2) is 6.61 Å². The van der Waals surface area contributed by atoms with E-state index in [0.717, 1.165) is 0 Å². The van der Waals surface area contributed by atoms with Crippen LogP contribution in [0.3, 0.4) is 0 Å². The normalized spacial score (nSPS) is 10.1. The molecule has 6 nitrogen and oxygen atoms in total. The second-order valence-corrected chi connectivity index (χ2v) is 4.24. The number of nitrogens with one attached hydrogen (secondary N) is 1. The van der Waals surface area contributed by atoms with Gasteiger partial charge in [-0.25, -0.2) is 0 Å². The molecule has 0 fully saturated rings. The van der Waals surface area contributed by atoms with Gasteiger partial charge in [-0.1, -0.05) is 0 Å². The zero-order chi connectivity index (χ0) is 14.4. The van der Waals surface area contributed by atoms with E-state index in [1.54, 1.807) is 6.07 Å². The van der Waals surface area contributed by atoms with Crippen LogP contribution in [0.25, 0.3) is 0 Å². The first-order chi connectivity index (χ1) is 8.93. The van der Waals surface area contributed by atoms with E-state index >= 15 is 0 Å². The molecule has 19 heavy (non-hydrogen) atoms. The summed E-state index contributed by atoms with van der Waals surface area (Å²) in [5, 5.41) is 2.68. The van der Waals surface area contributed by atoms with E-state index in [1.165, 1.54) is 19.2 Å². The van der Waals surface area contributed by atoms with E-state index in [0.29, 0.717) is 5.75 Å². The summed E-state index contributed by atoms with van der Waals surface area (Å²) in [6.45, 7) is 3.50. The number of primary amides is 1. The van der Waals surface area contributed by atoms with Crippen molar-refractivity contribution in [3.63, 3.8) is 0 Å². The SMILES string of the molecule is COc1ccc(C(N)=O)c(OCC(=O)NC(C)C)c1. The lowest BCUT2D eigenvalue weighted by molar-refractivity contribution is -0.123. The average Bonchev–Trinajstić information content (AvgIpc) is 2.34. The van der Waals surface area contributed by atoms with Crippen LogP contribution in [0.1, 0.15) is 24.2 Å². The van der Waals surface area contributed by atoms with Crippen LogP contribution < -0.4 is 20.5 Å². The maximum atomic E-state index is 11.5. The Hall–Kier alpha value is -2.24.